The summed E-state index contributed by atoms with van der Waals surface area (Å²) in [6, 6.07) is 25.5. The molecule has 2 fully saturated rings. The maximum absolute atomic E-state index is 8.63. The molecule has 19 heteroatoms. The van der Waals surface area contributed by atoms with Gasteiger partial charge in [-0.15, -0.1) is 0 Å². The van der Waals surface area contributed by atoms with E-state index in [1.807, 2.05) is 74.8 Å². The molecular formula is C44H51BCl4N8O6. The van der Waals surface area contributed by atoms with Crippen LogP contribution < -0.4 is 26.0 Å². The Balaban J connectivity index is 0.000000176. The molecule has 0 saturated carbocycles. The summed E-state index contributed by atoms with van der Waals surface area (Å²) < 4.78 is 26.4. The first-order valence-electron chi connectivity index (χ1n) is 20.3. The van der Waals surface area contributed by atoms with Crippen molar-refractivity contribution in [3.05, 3.63) is 117 Å². The Morgan fingerprint density at radius 1 is 0.635 bits per heavy atom. The highest BCUT2D eigenvalue weighted by Crippen LogP contribution is 2.38. The fraction of sp³-hybridized carbons (Fsp3) is 0.318. The Morgan fingerprint density at radius 3 is 1.54 bits per heavy atom. The first kappa shape index (κ1) is 48.0. The van der Waals surface area contributed by atoms with Crippen molar-refractivity contribution in [2.24, 2.45) is 14.1 Å². The van der Waals surface area contributed by atoms with Crippen LogP contribution in [0.25, 0.3) is 22.5 Å². The van der Waals surface area contributed by atoms with Crippen molar-refractivity contribution in [3.63, 3.8) is 0 Å². The topological polar surface area (TPSA) is 158 Å². The van der Waals surface area contributed by atoms with Crippen LogP contribution in [-0.2, 0) is 23.6 Å². The van der Waals surface area contributed by atoms with E-state index in [0.717, 1.165) is 111 Å². The standard InChI is InChI=1S/C22H24Cl2N4O2.C16H21ClN4O2.C6H6BClO2/c1-27-22(20(24)15-25-27)19-14-18(26-17-4-2-16(23)3-5-17)6-7-21(19)30-13-10-28-8-11-29-12-9-28;1-20-16(14(17)11-19-20)13-10-12(18)2-3-15(13)23-9-6-21-4-7-22-8-5-21;8-6-3-1-5(2-4-6)7(9)10/h2-7,14-15,26H,8-13H2,1H3;2-3,10-11H,4-9,18H2,1H3;1-4,9-10H. The number of aromatic nitrogens is 4. The number of hydrogen-bond acceptors (Lipinski definition) is 12. The lowest BCUT2D eigenvalue weighted by molar-refractivity contribution is 0.0322. The second kappa shape index (κ2) is 24.0. The molecule has 334 valence electrons. The molecule has 2 saturated heterocycles. The predicted molar refractivity (Wildman–Crippen MR) is 253 cm³/mol. The van der Waals surface area contributed by atoms with Gasteiger partial charge in [0.1, 0.15) is 24.7 Å². The number of aryl methyl sites for hydroxylation is 2. The van der Waals surface area contributed by atoms with Gasteiger partial charge in [-0.05, 0) is 78.3 Å². The summed E-state index contributed by atoms with van der Waals surface area (Å²) in [5.74, 6) is 1.54. The SMILES string of the molecule is Cn1ncc(Cl)c1-c1cc(N)ccc1OCCN1CCOCC1.Cn1ncc(Cl)c1-c1cc(Nc2ccc(Cl)cc2)ccc1OCCN1CCOCC1.OB(O)c1ccc(Cl)cc1. The molecule has 5 N–H and O–H groups in total. The minimum atomic E-state index is -1.41. The van der Waals surface area contributed by atoms with Crippen molar-refractivity contribution in [2.45, 2.75) is 0 Å². The summed E-state index contributed by atoms with van der Waals surface area (Å²) in [6.07, 6.45) is 3.27. The third-order valence-corrected chi connectivity index (χ3v) is 11.2. The van der Waals surface area contributed by atoms with Crippen molar-refractivity contribution >= 4 is 76.0 Å². The summed E-state index contributed by atoms with van der Waals surface area (Å²) in [6.45, 7) is 9.83. The van der Waals surface area contributed by atoms with Crippen molar-refractivity contribution in [1.82, 2.24) is 29.4 Å². The molecule has 4 heterocycles. The Morgan fingerprint density at radius 2 is 1.08 bits per heavy atom. The lowest BCUT2D eigenvalue weighted by atomic mass is 9.81. The largest absolute Gasteiger partial charge is 0.492 e. The Kier molecular flexibility index (Phi) is 18.2. The van der Waals surface area contributed by atoms with Crippen molar-refractivity contribution in [1.29, 1.82) is 0 Å². The van der Waals surface area contributed by atoms with Crippen LogP contribution in [0.5, 0.6) is 11.5 Å². The quantitative estimate of drug-likeness (QED) is 0.0703. The minimum absolute atomic E-state index is 0.449. The number of morpholine rings is 2. The molecule has 2 aliphatic rings. The molecule has 8 rings (SSSR count). The summed E-state index contributed by atoms with van der Waals surface area (Å²) in [5.41, 5.74) is 12.3. The van der Waals surface area contributed by atoms with E-state index in [2.05, 4.69) is 25.3 Å². The van der Waals surface area contributed by atoms with Crippen molar-refractivity contribution in [2.75, 3.05) is 90.0 Å². The number of nitrogens with one attached hydrogen (secondary N) is 1. The van der Waals surface area contributed by atoms with Gasteiger partial charge in [-0.2, -0.15) is 10.2 Å². The van der Waals surface area contributed by atoms with Gasteiger partial charge in [0.05, 0.1) is 60.3 Å². The number of anilines is 3. The zero-order valence-corrected chi connectivity index (χ0v) is 38.1. The fourth-order valence-electron chi connectivity index (χ4n) is 6.76. The summed E-state index contributed by atoms with van der Waals surface area (Å²) >= 11 is 24.2. The van der Waals surface area contributed by atoms with Crippen LogP contribution in [0.1, 0.15) is 0 Å². The van der Waals surface area contributed by atoms with Crippen LogP contribution in [0.3, 0.4) is 0 Å². The van der Waals surface area contributed by atoms with Gasteiger partial charge in [-0.1, -0.05) is 58.5 Å². The molecule has 0 amide bonds. The first-order valence-corrected chi connectivity index (χ1v) is 21.9. The molecule has 0 bridgehead atoms. The first-order chi connectivity index (χ1) is 30.4. The van der Waals surface area contributed by atoms with Gasteiger partial charge < -0.3 is 40.0 Å². The highest BCUT2D eigenvalue weighted by Gasteiger charge is 2.19. The van der Waals surface area contributed by atoms with Gasteiger partial charge in [0.15, 0.2) is 0 Å². The van der Waals surface area contributed by atoms with E-state index in [4.69, 9.17) is 81.1 Å². The highest BCUT2D eigenvalue weighted by molar-refractivity contribution is 6.58. The third kappa shape index (κ3) is 14.2. The number of halogens is 4. The normalized spacial score (nSPS) is 14.2. The second-order valence-corrected chi connectivity index (χ2v) is 16.2. The Hall–Kier alpha value is -4.52. The zero-order valence-electron chi connectivity index (χ0n) is 35.1. The predicted octanol–water partition coefficient (Wildman–Crippen LogP) is 6.90. The number of ether oxygens (including phenoxy) is 4. The molecule has 2 aliphatic heterocycles. The zero-order chi connectivity index (χ0) is 44.7. The minimum Gasteiger partial charge on any atom is -0.492 e. The molecule has 63 heavy (non-hydrogen) atoms. The summed E-state index contributed by atoms with van der Waals surface area (Å²) in [5, 5.41) is 31.6. The van der Waals surface area contributed by atoms with Gasteiger partial charge in [0.25, 0.3) is 0 Å². The summed E-state index contributed by atoms with van der Waals surface area (Å²) in [7, 11) is 2.32. The van der Waals surface area contributed by atoms with Gasteiger partial charge in [0.2, 0.25) is 0 Å². The van der Waals surface area contributed by atoms with Crippen LogP contribution in [0.4, 0.5) is 17.1 Å². The van der Waals surface area contributed by atoms with E-state index in [1.165, 1.54) is 0 Å². The molecular weight excluding hydrogens is 889 g/mol. The van der Waals surface area contributed by atoms with Crippen LogP contribution in [0, 0.1) is 0 Å². The van der Waals surface area contributed by atoms with Gasteiger partial charge >= 0.3 is 7.12 Å². The molecule has 0 spiro atoms. The molecule has 6 aromatic rings. The number of rotatable bonds is 13. The smallest absolute Gasteiger partial charge is 0.488 e. The van der Waals surface area contributed by atoms with E-state index < -0.39 is 7.12 Å². The number of nitrogens with two attached hydrogens (primary N) is 1. The Bertz CT molecular complexity index is 2300. The maximum Gasteiger partial charge on any atom is 0.488 e. The summed E-state index contributed by atoms with van der Waals surface area (Å²) in [4.78, 5) is 4.67. The van der Waals surface area contributed by atoms with Crippen LogP contribution in [0.2, 0.25) is 20.1 Å². The van der Waals surface area contributed by atoms with Gasteiger partial charge in [-0.25, -0.2) is 0 Å². The average molecular weight is 941 g/mol. The van der Waals surface area contributed by atoms with Crippen LogP contribution in [-0.4, -0.2) is 125 Å². The van der Waals surface area contributed by atoms with Gasteiger partial charge in [-0.3, -0.25) is 19.2 Å². The van der Waals surface area contributed by atoms with E-state index in [0.29, 0.717) is 44.5 Å². The van der Waals surface area contributed by atoms with E-state index in [1.54, 1.807) is 46.0 Å². The molecule has 2 aromatic heterocycles. The number of hydrogen-bond donors (Lipinski definition) is 4. The third-order valence-electron chi connectivity index (χ3n) is 10.1. The molecule has 14 nitrogen and oxygen atoms in total. The second-order valence-electron chi connectivity index (χ2n) is 14.6. The van der Waals surface area contributed by atoms with Crippen LogP contribution >= 0.6 is 46.4 Å². The molecule has 0 unspecified atom stereocenters. The monoisotopic (exact) mass is 938 g/mol. The van der Waals surface area contributed by atoms with E-state index in [9.17, 15) is 0 Å². The Labute approximate surface area is 388 Å². The molecule has 4 aromatic carbocycles. The van der Waals surface area contributed by atoms with E-state index >= 15 is 0 Å². The van der Waals surface area contributed by atoms with Crippen molar-refractivity contribution < 1.29 is 29.0 Å². The maximum atomic E-state index is 8.63. The van der Waals surface area contributed by atoms with E-state index in [-0.39, 0.29) is 0 Å². The lowest BCUT2D eigenvalue weighted by Crippen LogP contribution is -2.38. The fourth-order valence-corrected chi connectivity index (χ4v) is 7.55. The number of nitrogens with zero attached hydrogens (tertiary/aromatic N) is 6. The lowest BCUT2D eigenvalue weighted by Gasteiger charge is -2.26. The average Bonchev–Trinajstić information content (AvgIpc) is 3.81. The molecule has 0 radical (unpaired) electrons. The van der Waals surface area contributed by atoms with Crippen molar-refractivity contribution in [3.8, 4) is 34.0 Å². The highest BCUT2D eigenvalue weighted by atomic mass is 35.5. The molecule has 0 aliphatic carbocycles. The van der Waals surface area contributed by atoms with Crippen LogP contribution in [0.15, 0.2) is 97.3 Å². The number of benzene rings is 4. The molecule has 0 atom stereocenters. The number of nitrogen functional groups attached to an aromatic ring is 1. The van der Waals surface area contributed by atoms with Gasteiger partial charge in [0, 0.05) is 91.6 Å².